The molecule has 0 radical (unpaired) electrons. The number of hydrogen-bond donors (Lipinski definition) is 0. The molecule has 0 amide bonds. The van der Waals surface area contributed by atoms with E-state index in [1.54, 1.807) is 0 Å². The van der Waals surface area contributed by atoms with Crippen LogP contribution in [0, 0.1) is 13.8 Å². The van der Waals surface area contributed by atoms with E-state index in [1.807, 2.05) is 37.3 Å². The summed E-state index contributed by atoms with van der Waals surface area (Å²) < 4.78 is 6.87. The van der Waals surface area contributed by atoms with Crippen LogP contribution in [0.1, 0.15) is 11.1 Å². The number of aromatic nitrogens is 1. The van der Waals surface area contributed by atoms with Gasteiger partial charge in [0, 0.05) is 10.0 Å². The van der Waals surface area contributed by atoms with Crippen LogP contribution in [0.25, 0.3) is 22.6 Å². The zero-order valence-corrected chi connectivity index (χ0v) is 11.8. The van der Waals surface area contributed by atoms with Crippen LogP contribution in [0.3, 0.4) is 0 Å². The monoisotopic (exact) mass is 301 g/mol. The average Bonchev–Trinajstić information content (AvgIpc) is 2.75. The van der Waals surface area contributed by atoms with Crippen LogP contribution in [-0.2, 0) is 0 Å². The Morgan fingerprint density at radius 1 is 1.06 bits per heavy atom. The van der Waals surface area contributed by atoms with Crippen LogP contribution < -0.4 is 0 Å². The Balaban J connectivity index is 2.16. The molecule has 90 valence electrons. The smallest absolute Gasteiger partial charge is 0.227 e. The number of aryl methyl sites for hydroxylation is 2. The SMILES string of the molecule is Cc1ccc2nc(-c3ccc(C)c(Br)c3)oc2c1. The number of fused-ring (bicyclic) bond motifs is 1. The second-order valence-electron chi connectivity index (χ2n) is 4.45. The highest BCUT2D eigenvalue weighted by Crippen LogP contribution is 2.28. The number of oxazole rings is 1. The molecule has 3 heteroatoms. The quantitative estimate of drug-likeness (QED) is 0.640. The van der Waals surface area contributed by atoms with Gasteiger partial charge in [0.05, 0.1) is 0 Å². The predicted molar refractivity (Wildman–Crippen MR) is 76.6 cm³/mol. The molecule has 0 N–H and O–H groups in total. The van der Waals surface area contributed by atoms with Gasteiger partial charge in [-0.25, -0.2) is 4.98 Å². The first-order valence-corrected chi connectivity index (χ1v) is 6.56. The molecule has 0 aliphatic rings. The molecule has 1 aromatic heterocycles. The summed E-state index contributed by atoms with van der Waals surface area (Å²) in [7, 11) is 0. The molecule has 3 rings (SSSR count). The van der Waals surface area contributed by atoms with Crippen molar-refractivity contribution in [3.8, 4) is 11.5 Å². The number of hydrogen-bond acceptors (Lipinski definition) is 2. The highest BCUT2D eigenvalue weighted by atomic mass is 79.9. The lowest BCUT2D eigenvalue weighted by atomic mass is 10.1. The van der Waals surface area contributed by atoms with Crippen molar-refractivity contribution in [1.82, 2.24) is 4.98 Å². The fourth-order valence-corrected chi connectivity index (χ4v) is 2.26. The Hall–Kier alpha value is -1.61. The maximum Gasteiger partial charge on any atom is 0.227 e. The van der Waals surface area contributed by atoms with Gasteiger partial charge in [-0.3, -0.25) is 0 Å². The summed E-state index contributed by atoms with van der Waals surface area (Å²) in [5.74, 6) is 0.663. The molecule has 0 aliphatic carbocycles. The van der Waals surface area contributed by atoms with Crippen molar-refractivity contribution < 1.29 is 4.42 Å². The molecule has 2 nitrogen and oxygen atoms in total. The first kappa shape index (κ1) is 11.5. The highest BCUT2D eigenvalue weighted by molar-refractivity contribution is 9.10. The topological polar surface area (TPSA) is 26.0 Å². The predicted octanol–water partition coefficient (Wildman–Crippen LogP) is 4.87. The van der Waals surface area contributed by atoms with Crippen molar-refractivity contribution in [2.24, 2.45) is 0 Å². The number of rotatable bonds is 1. The Morgan fingerprint density at radius 2 is 1.89 bits per heavy atom. The van der Waals surface area contributed by atoms with E-state index >= 15 is 0 Å². The molecule has 18 heavy (non-hydrogen) atoms. The van der Waals surface area contributed by atoms with Gasteiger partial charge in [-0.15, -0.1) is 0 Å². The van der Waals surface area contributed by atoms with Gasteiger partial charge in [0.1, 0.15) is 5.52 Å². The van der Waals surface area contributed by atoms with E-state index in [0.717, 1.165) is 21.1 Å². The molecule has 0 fully saturated rings. The second-order valence-corrected chi connectivity index (χ2v) is 5.31. The normalized spacial score (nSPS) is 11.1. The zero-order valence-electron chi connectivity index (χ0n) is 10.2. The fraction of sp³-hybridized carbons (Fsp3) is 0.133. The van der Waals surface area contributed by atoms with Crippen molar-refractivity contribution in [3.63, 3.8) is 0 Å². The van der Waals surface area contributed by atoms with Crippen LogP contribution in [0.2, 0.25) is 0 Å². The molecule has 0 unspecified atom stereocenters. The highest BCUT2D eigenvalue weighted by Gasteiger charge is 2.09. The van der Waals surface area contributed by atoms with E-state index in [2.05, 4.69) is 33.9 Å². The molecule has 0 saturated carbocycles. The number of halogens is 1. The Labute approximate surface area is 114 Å². The zero-order chi connectivity index (χ0) is 12.7. The van der Waals surface area contributed by atoms with Crippen LogP contribution in [0.5, 0.6) is 0 Å². The van der Waals surface area contributed by atoms with E-state index in [1.165, 1.54) is 11.1 Å². The third-order valence-corrected chi connectivity index (χ3v) is 3.82. The maximum absolute atomic E-state index is 5.80. The van der Waals surface area contributed by atoms with E-state index in [4.69, 9.17) is 4.42 Å². The van der Waals surface area contributed by atoms with Gasteiger partial charge in [0.15, 0.2) is 5.58 Å². The molecule has 0 saturated heterocycles. The van der Waals surface area contributed by atoms with Gasteiger partial charge in [-0.2, -0.15) is 0 Å². The first-order valence-electron chi connectivity index (χ1n) is 5.77. The fourth-order valence-electron chi connectivity index (χ4n) is 1.88. The molecule has 0 bridgehead atoms. The maximum atomic E-state index is 5.80. The van der Waals surface area contributed by atoms with Crippen LogP contribution >= 0.6 is 15.9 Å². The van der Waals surface area contributed by atoms with Gasteiger partial charge >= 0.3 is 0 Å². The molecular formula is C15H12BrNO. The summed E-state index contributed by atoms with van der Waals surface area (Å²) >= 11 is 3.53. The average molecular weight is 302 g/mol. The van der Waals surface area contributed by atoms with E-state index < -0.39 is 0 Å². The van der Waals surface area contributed by atoms with E-state index in [9.17, 15) is 0 Å². The van der Waals surface area contributed by atoms with Crippen molar-refractivity contribution in [3.05, 3.63) is 52.0 Å². The van der Waals surface area contributed by atoms with Gasteiger partial charge in [-0.1, -0.05) is 28.1 Å². The van der Waals surface area contributed by atoms with Crippen LogP contribution in [0.15, 0.2) is 45.3 Å². The summed E-state index contributed by atoms with van der Waals surface area (Å²) in [4.78, 5) is 4.51. The molecule has 3 aromatic rings. The van der Waals surface area contributed by atoms with Crippen molar-refractivity contribution >= 4 is 27.0 Å². The van der Waals surface area contributed by atoms with Crippen LogP contribution in [-0.4, -0.2) is 4.98 Å². The lowest BCUT2D eigenvalue weighted by Crippen LogP contribution is -1.80. The van der Waals surface area contributed by atoms with Crippen molar-refractivity contribution in [2.45, 2.75) is 13.8 Å². The van der Waals surface area contributed by atoms with Crippen molar-refractivity contribution in [1.29, 1.82) is 0 Å². The summed E-state index contributed by atoms with van der Waals surface area (Å²) in [6.45, 7) is 4.10. The van der Waals surface area contributed by atoms with Gasteiger partial charge < -0.3 is 4.42 Å². The number of benzene rings is 2. The Morgan fingerprint density at radius 3 is 2.67 bits per heavy atom. The first-order chi connectivity index (χ1) is 8.63. The minimum atomic E-state index is 0.663. The molecule has 0 atom stereocenters. The van der Waals surface area contributed by atoms with Gasteiger partial charge in [0.2, 0.25) is 5.89 Å². The lowest BCUT2D eigenvalue weighted by molar-refractivity contribution is 0.619. The van der Waals surface area contributed by atoms with E-state index in [-0.39, 0.29) is 0 Å². The standard InChI is InChI=1S/C15H12BrNO/c1-9-3-6-13-14(7-9)18-15(17-13)11-5-4-10(2)12(16)8-11/h3-8H,1-2H3. The minimum Gasteiger partial charge on any atom is -0.436 e. The molecule has 1 heterocycles. The minimum absolute atomic E-state index is 0.663. The van der Waals surface area contributed by atoms with Crippen LogP contribution in [0.4, 0.5) is 0 Å². The third-order valence-electron chi connectivity index (χ3n) is 2.96. The van der Waals surface area contributed by atoms with E-state index in [0.29, 0.717) is 5.89 Å². The molecule has 2 aromatic carbocycles. The Bertz CT molecular complexity index is 730. The van der Waals surface area contributed by atoms with Crippen molar-refractivity contribution in [2.75, 3.05) is 0 Å². The molecule has 0 aliphatic heterocycles. The number of nitrogens with zero attached hydrogens (tertiary/aromatic N) is 1. The summed E-state index contributed by atoms with van der Waals surface area (Å²) in [6.07, 6.45) is 0. The molecular weight excluding hydrogens is 290 g/mol. The summed E-state index contributed by atoms with van der Waals surface area (Å²) in [5, 5.41) is 0. The lowest BCUT2D eigenvalue weighted by Gasteiger charge is -1.99. The summed E-state index contributed by atoms with van der Waals surface area (Å²) in [5.41, 5.74) is 5.09. The van der Waals surface area contributed by atoms with Gasteiger partial charge in [0.25, 0.3) is 0 Å². The largest absolute Gasteiger partial charge is 0.436 e. The van der Waals surface area contributed by atoms with Gasteiger partial charge in [-0.05, 0) is 49.2 Å². The summed E-state index contributed by atoms with van der Waals surface area (Å²) in [6, 6.07) is 12.2. The Kier molecular flexibility index (Phi) is 2.71. The third kappa shape index (κ3) is 1.95. The molecule has 0 spiro atoms. The second kappa shape index (κ2) is 4.25.